The molecular weight excluding hydrogens is 929 g/mol. The van der Waals surface area contributed by atoms with Crippen molar-refractivity contribution in [2.75, 3.05) is 33.8 Å². The number of hydrogen-bond donors (Lipinski definition) is 3. The van der Waals surface area contributed by atoms with Gasteiger partial charge < -0.3 is 44.2 Å². The Hall–Kier alpha value is -3.18. The number of piperidine rings is 1. The third kappa shape index (κ3) is 13.0. The van der Waals surface area contributed by atoms with E-state index in [1.807, 2.05) is 27.0 Å². The molecule has 19 heteroatoms. The van der Waals surface area contributed by atoms with Gasteiger partial charge in [-0.2, -0.15) is 0 Å². The zero-order valence-electron chi connectivity index (χ0n) is 38.1. The number of aromatic nitrogens is 3. The number of aliphatic hydroxyl groups excluding tert-OH is 1. The maximum Gasteiger partial charge on any atom is 0.317 e. The Morgan fingerprint density at radius 2 is 1.83 bits per heavy atom. The number of halogens is 1. The summed E-state index contributed by atoms with van der Waals surface area (Å²) >= 11 is 1.79. The SMILES string of the molecule is CO[C@]1(C)C[C@@H](C)/C(=N\O[C@@H]2CCCNC2)[C@H](C)[C@@H](O)[C@](C)(O)[C@@H](I)OC(=O)[C@H](C)C(=O)[C@H](C)[C@H]1O[C@H]1C[C@@H](N(C)CCc2cn(CCc3ccc([N+](=O)[O-])cc3)nn2)C[C@@H](C)O1. The van der Waals surface area contributed by atoms with Gasteiger partial charge in [0.2, 0.25) is 0 Å². The van der Waals surface area contributed by atoms with Crippen molar-refractivity contribution in [3.63, 3.8) is 0 Å². The number of aliphatic hydroxyl groups is 2. The van der Waals surface area contributed by atoms with E-state index >= 15 is 0 Å². The van der Waals surface area contributed by atoms with Crippen LogP contribution in [-0.4, -0.2) is 138 Å². The number of nitrogens with one attached hydrogen (secondary N) is 1. The molecule has 0 unspecified atom stereocenters. The number of ketones is 1. The number of ether oxygens (including phenoxy) is 4. The molecule has 0 saturated carbocycles. The van der Waals surface area contributed by atoms with E-state index in [0.29, 0.717) is 44.6 Å². The molecule has 0 radical (unpaired) electrons. The second-order valence-corrected chi connectivity index (χ2v) is 19.4. The molecule has 13 atom stereocenters. The first-order chi connectivity index (χ1) is 29.7. The number of benzene rings is 1. The molecule has 3 aliphatic rings. The van der Waals surface area contributed by atoms with Crippen LogP contribution in [-0.2, 0) is 52.8 Å². The minimum Gasteiger partial charge on any atom is -0.448 e. The van der Waals surface area contributed by atoms with Crippen LogP contribution < -0.4 is 5.32 Å². The highest BCUT2D eigenvalue weighted by molar-refractivity contribution is 14.1. The van der Waals surface area contributed by atoms with Gasteiger partial charge in [-0.15, -0.1) is 5.10 Å². The number of aryl methyl sites for hydroxylation is 2. The lowest BCUT2D eigenvalue weighted by molar-refractivity contribution is -0.384. The lowest BCUT2D eigenvalue weighted by Crippen LogP contribution is -2.57. The fourth-order valence-electron chi connectivity index (χ4n) is 9.02. The van der Waals surface area contributed by atoms with E-state index in [9.17, 15) is 29.9 Å². The first-order valence-electron chi connectivity index (χ1n) is 22.2. The van der Waals surface area contributed by atoms with Crippen molar-refractivity contribution in [2.45, 2.75) is 152 Å². The highest BCUT2D eigenvalue weighted by atomic mass is 127. The topological polar surface area (TPSA) is 222 Å². The quantitative estimate of drug-likeness (QED) is 0.0621. The molecule has 0 amide bonds. The number of nitro groups is 1. The third-order valence-corrected chi connectivity index (χ3v) is 14.7. The number of Topliss-reactive ketones (excluding diaryl/α,β-unsaturated/α-hetero) is 1. The van der Waals surface area contributed by atoms with Crippen LogP contribution in [0.15, 0.2) is 35.6 Å². The summed E-state index contributed by atoms with van der Waals surface area (Å²) in [5.74, 6) is -4.47. The Morgan fingerprint density at radius 3 is 2.48 bits per heavy atom. The fraction of sp³-hybridized carbons (Fsp3) is 0.750. The second kappa shape index (κ2) is 22.3. The Balaban J connectivity index is 1.34. The van der Waals surface area contributed by atoms with E-state index in [1.54, 1.807) is 60.4 Å². The normalized spacial score (nSPS) is 35.9. The van der Waals surface area contributed by atoms with Gasteiger partial charge in [-0.25, -0.2) is 0 Å². The van der Waals surface area contributed by atoms with Gasteiger partial charge in [-0.3, -0.25) is 24.4 Å². The Kier molecular flexibility index (Phi) is 18.0. The lowest BCUT2D eigenvalue weighted by atomic mass is 9.75. The van der Waals surface area contributed by atoms with E-state index in [0.717, 1.165) is 37.1 Å². The first kappa shape index (κ1) is 50.8. The van der Waals surface area contributed by atoms with Crippen LogP contribution in [0.4, 0.5) is 5.69 Å². The van der Waals surface area contributed by atoms with E-state index in [1.165, 1.54) is 26.0 Å². The number of esters is 1. The van der Waals surface area contributed by atoms with Gasteiger partial charge in [0.15, 0.2) is 16.2 Å². The average Bonchev–Trinajstić information content (AvgIpc) is 3.73. The molecule has 18 nitrogen and oxygen atoms in total. The van der Waals surface area contributed by atoms with Crippen molar-refractivity contribution in [2.24, 2.45) is 28.8 Å². The summed E-state index contributed by atoms with van der Waals surface area (Å²) in [6.45, 7) is 15.0. The van der Waals surface area contributed by atoms with Crippen LogP contribution in [0.1, 0.15) is 91.8 Å². The lowest BCUT2D eigenvalue weighted by Gasteiger charge is -2.46. The summed E-state index contributed by atoms with van der Waals surface area (Å²) in [5, 5.41) is 51.1. The second-order valence-electron chi connectivity index (χ2n) is 18.3. The van der Waals surface area contributed by atoms with Crippen molar-refractivity contribution < 1.29 is 48.5 Å². The monoisotopic (exact) mass is 997 g/mol. The van der Waals surface area contributed by atoms with E-state index in [-0.39, 0.29) is 30.4 Å². The number of alkyl halides is 1. The molecule has 63 heavy (non-hydrogen) atoms. The minimum absolute atomic E-state index is 0.0578. The fourth-order valence-corrected chi connectivity index (χ4v) is 9.64. The van der Waals surface area contributed by atoms with E-state index < -0.39 is 74.2 Å². The van der Waals surface area contributed by atoms with E-state index in [2.05, 4.69) is 32.7 Å². The third-order valence-electron chi connectivity index (χ3n) is 13.2. The molecular formula is C44H68IN7O11. The number of hydrogen-bond acceptors (Lipinski definition) is 16. The number of methoxy groups -OCH3 is 1. The van der Waals surface area contributed by atoms with Crippen molar-refractivity contribution in [3.8, 4) is 0 Å². The number of likely N-dealkylation sites (N-methyl/N-ethyl adjacent to an activating group) is 1. The summed E-state index contributed by atoms with van der Waals surface area (Å²) < 4.78 is 26.0. The number of cyclic esters (lactones) is 1. The summed E-state index contributed by atoms with van der Waals surface area (Å²) in [7, 11) is 3.62. The van der Waals surface area contributed by atoms with Crippen LogP contribution in [0, 0.1) is 33.8 Å². The smallest absolute Gasteiger partial charge is 0.317 e. The maximum atomic E-state index is 14.3. The Bertz CT molecular complexity index is 1860. The highest BCUT2D eigenvalue weighted by Gasteiger charge is 2.51. The van der Waals surface area contributed by atoms with E-state index in [4.69, 9.17) is 23.8 Å². The predicted molar refractivity (Wildman–Crippen MR) is 242 cm³/mol. The number of oxime groups is 1. The molecule has 0 aliphatic carbocycles. The number of nitro benzene ring substituents is 1. The molecule has 0 spiro atoms. The number of rotatable bonds is 13. The van der Waals surface area contributed by atoms with Gasteiger partial charge in [0.1, 0.15) is 17.6 Å². The van der Waals surface area contributed by atoms with Crippen molar-refractivity contribution >= 4 is 45.7 Å². The van der Waals surface area contributed by atoms with Gasteiger partial charge >= 0.3 is 5.97 Å². The zero-order valence-corrected chi connectivity index (χ0v) is 40.3. The van der Waals surface area contributed by atoms with Crippen LogP contribution in [0.25, 0.3) is 0 Å². The van der Waals surface area contributed by atoms with Crippen LogP contribution in [0.3, 0.4) is 0 Å². The van der Waals surface area contributed by atoms with Crippen LogP contribution in [0.5, 0.6) is 0 Å². The highest BCUT2D eigenvalue weighted by Crippen LogP contribution is 2.39. The number of nitrogens with zero attached hydrogens (tertiary/aromatic N) is 6. The van der Waals surface area contributed by atoms with Crippen LogP contribution in [0.2, 0.25) is 0 Å². The Morgan fingerprint density at radius 1 is 1.11 bits per heavy atom. The predicted octanol–water partition coefficient (Wildman–Crippen LogP) is 4.65. The van der Waals surface area contributed by atoms with Crippen molar-refractivity contribution in [3.05, 3.63) is 51.8 Å². The Labute approximate surface area is 384 Å². The summed E-state index contributed by atoms with van der Waals surface area (Å²) in [4.78, 5) is 46.8. The van der Waals surface area contributed by atoms with Crippen LogP contribution >= 0.6 is 22.6 Å². The summed E-state index contributed by atoms with van der Waals surface area (Å²) in [6.07, 6.45) is 3.09. The summed E-state index contributed by atoms with van der Waals surface area (Å²) in [6, 6.07) is 6.57. The van der Waals surface area contributed by atoms with Gasteiger partial charge in [0.05, 0.1) is 40.2 Å². The van der Waals surface area contributed by atoms with Gasteiger partial charge in [-0.1, -0.05) is 43.3 Å². The molecule has 0 bridgehead atoms. The largest absolute Gasteiger partial charge is 0.448 e. The molecule has 3 aliphatic heterocycles. The molecule has 352 valence electrons. The van der Waals surface area contributed by atoms with Gasteiger partial charge in [0, 0.05) is 81.7 Å². The number of non-ortho nitro benzene ring substituents is 1. The molecule has 1 aromatic carbocycles. The molecule has 4 heterocycles. The summed E-state index contributed by atoms with van der Waals surface area (Å²) in [5.41, 5.74) is -0.703. The maximum absolute atomic E-state index is 14.3. The first-order valence-corrected chi connectivity index (χ1v) is 23.4. The number of carbonyl (C=O) groups is 2. The standard InChI is InChI=1S/C44H68IN7O11/c1-26-23-43(6,59-9)40(29(4)38(53)30(5)41(55)62-42(45)44(7,56)39(54)28(3)37(26)48-63-35-11-10-18-46-24-35)61-36-22-34(21-27(2)60-36)50(8)19-17-32-25-51(49-47-32)20-16-31-12-14-33(15-13-31)52(57)58/h12-15,25-30,34-36,39-40,42,46,54,56H,10-11,16-24H2,1-9H3/b48-37+/t26-,27-,28+,29+,30-,34+,35-,36+,39-,40-,42+,43-,44+/m1/s1. The average molecular weight is 998 g/mol. The van der Waals surface area contributed by atoms with Gasteiger partial charge in [0.25, 0.3) is 5.69 Å². The molecule has 2 aromatic rings. The zero-order chi connectivity index (χ0) is 46.2. The molecule has 1 aromatic heterocycles. The van der Waals surface area contributed by atoms with Gasteiger partial charge in [-0.05, 0) is 102 Å². The molecule has 3 N–H and O–H groups in total. The minimum atomic E-state index is -1.91. The molecule has 3 saturated heterocycles. The molecule has 5 rings (SSSR count). The molecule has 3 fully saturated rings. The number of carbonyl (C=O) groups excluding carboxylic acids is 2. The van der Waals surface area contributed by atoms with Crippen molar-refractivity contribution in [1.82, 2.24) is 25.2 Å². The van der Waals surface area contributed by atoms with Crippen molar-refractivity contribution in [1.29, 1.82) is 0 Å².